The molecule has 3 aromatic rings. The summed E-state index contributed by atoms with van der Waals surface area (Å²) in [4.78, 5) is 13.0. The number of anilines is 2. The Bertz CT molecular complexity index is 1170. The van der Waals surface area contributed by atoms with Gasteiger partial charge < -0.3 is 26.0 Å². The quantitative estimate of drug-likeness (QED) is 0.339. The molecule has 0 bridgehead atoms. The summed E-state index contributed by atoms with van der Waals surface area (Å²) in [5, 5.41) is 36.5. The zero-order valence-electron chi connectivity index (χ0n) is 17.9. The van der Waals surface area contributed by atoms with Crippen molar-refractivity contribution in [2.45, 2.75) is 44.7 Å². The Morgan fingerprint density at radius 3 is 2.64 bits per heavy atom. The van der Waals surface area contributed by atoms with Gasteiger partial charge in [-0.15, -0.1) is 11.3 Å². The molecule has 0 saturated heterocycles. The number of hydrogen-bond acceptors (Lipinski definition) is 9. The molecule has 1 aromatic carbocycles. The lowest BCUT2D eigenvalue weighted by molar-refractivity contribution is -0.115. The van der Waals surface area contributed by atoms with Gasteiger partial charge in [-0.1, -0.05) is 6.07 Å². The summed E-state index contributed by atoms with van der Waals surface area (Å²) in [6, 6.07) is 5.76. The maximum absolute atomic E-state index is 12.7. The summed E-state index contributed by atoms with van der Waals surface area (Å²) < 4.78 is 39.1. The summed E-state index contributed by atoms with van der Waals surface area (Å²) >= 11 is 1.36. The summed E-state index contributed by atoms with van der Waals surface area (Å²) in [5.41, 5.74) is 0.735. The highest BCUT2D eigenvalue weighted by molar-refractivity contribution is 7.21. The first-order chi connectivity index (χ1) is 15.5. The van der Waals surface area contributed by atoms with Crippen LogP contribution in [-0.4, -0.2) is 61.4 Å². The molecule has 0 unspecified atom stereocenters. The maximum atomic E-state index is 12.7. The van der Waals surface area contributed by atoms with E-state index in [0.717, 1.165) is 15.8 Å². The van der Waals surface area contributed by atoms with Crippen LogP contribution in [0.2, 0.25) is 0 Å². The van der Waals surface area contributed by atoms with Crippen LogP contribution in [0.4, 0.5) is 24.9 Å². The van der Waals surface area contributed by atoms with Gasteiger partial charge >= 0.3 is 6.18 Å². The molecular weight excluding hydrogens is 459 g/mol. The van der Waals surface area contributed by atoms with Crippen molar-refractivity contribution in [1.82, 2.24) is 15.0 Å². The second kappa shape index (κ2) is 8.67. The molecule has 1 aliphatic carbocycles. The first-order valence-corrected chi connectivity index (χ1v) is 11.2. The molecule has 1 aliphatic rings. The number of benzene rings is 1. The number of aliphatic hydroxyl groups is 3. The minimum Gasteiger partial charge on any atom is -0.396 e. The fourth-order valence-electron chi connectivity index (χ4n) is 3.95. The number of nitrogens with zero attached hydrogens (tertiary/aromatic N) is 3. The predicted molar refractivity (Wildman–Crippen MR) is 119 cm³/mol. The van der Waals surface area contributed by atoms with Crippen LogP contribution < -0.4 is 10.6 Å². The number of aryl methyl sites for hydroxylation is 2. The van der Waals surface area contributed by atoms with Crippen LogP contribution in [0.1, 0.15) is 24.1 Å². The molecule has 4 rings (SSSR count). The maximum Gasteiger partial charge on any atom is 0.405 e. The number of rotatable bonds is 6. The van der Waals surface area contributed by atoms with Crippen molar-refractivity contribution in [3.05, 3.63) is 29.5 Å². The van der Waals surface area contributed by atoms with Crippen LogP contribution in [0, 0.1) is 19.8 Å². The molecule has 12 heteroatoms. The van der Waals surface area contributed by atoms with E-state index in [-0.39, 0.29) is 24.8 Å². The lowest BCUT2D eigenvalue weighted by atomic mass is 10.0. The van der Waals surface area contributed by atoms with Crippen LogP contribution in [0.3, 0.4) is 0 Å². The smallest absolute Gasteiger partial charge is 0.396 e. The summed E-state index contributed by atoms with van der Waals surface area (Å²) in [7, 11) is 0. The Morgan fingerprint density at radius 1 is 1.21 bits per heavy atom. The molecule has 5 N–H and O–H groups in total. The largest absolute Gasteiger partial charge is 0.405 e. The molecule has 1 fully saturated rings. The summed E-state index contributed by atoms with van der Waals surface area (Å²) in [6.07, 6.45) is -5.29. The van der Waals surface area contributed by atoms with Gasteiger partial charge in [0.05, 0.1) is 21.5 Å². The average Bonchev–Trinajstić information content (AvgIpc) is 3.26. The van der Waals surface area contributed by atoms with E-state index in [0.29, 0.717) is 22.7 Å². The van der Waals surface area contributed by atoms with Crippen molar-refractivity contribution in [2.75, 3.05) is 23.8 Å². The molecule has 0 spiro atoms. The van der Waals surface area contributed by atoms with Crippen molar-refractivity contribution >= 4 is 33.3 Å². The van der Waals surface area contributed by atoms with E-state index < -0.39 is 30.5 Å². The first kappa shape index (κ1) is 23.6. The highest BCUT2D eigenvalue weighted by Crippen LogP contribution is 2.40. The van der Waals surface area contributed by atoms with Gasteiger partial charge in [0.1, 0.15) is 23.5 Å². The van der Waals surface area contributed by atoms with Crippen LogP contribution in [0.5, 0.6) is 0 Å². The van der Waals surface area contributed by atoms with Crippen molar-refractivity contribution in [2.24, 2.45) is 5.92 Å². The van der Waals surface area contributed by atoms with Crippen LogP contribution in [0.25, 0.3) is 20.8 Å². The molecule has 2 aromatic heterocycles. The highest BCUT2D eigenvalue weighted by Gasteiger charge is 2.47. The minimum atomic E-state index is -4.47. The second-order valence-corrected chi connectivity index (χ2v) is 9.32. The second-order valence-electron chi connectivity index (χ2n) is 8.29. The van der Waals surface area contributed by atoms with Crippen molar-refractivity contribution in [3.8, 4) is 10.6 Å². The molecule has 8 nitrogen and oxygen atoms in total. The molecule has 0 radical (unpaired) electrons. The van der Waals surface area contributed by atoms with E-state index in [1.165, 1.54) is 11.3 Å². The number of aromatic nitrogens is 3. The van der Waals surface area contributed by atoms with E-state index in [1.54, 1.807) is 6.92 Å². The summed E-state index contributed by atoms with van der Waals surface area (Å²) in [6.45, 7) is 1.93. The Balaban J connectivity index is 1.79. The molecule has 2 heterocycles. The predicted octanol–water partition coefficient (Wildman–Crippen LogP) is 3.21. The lowest BCUT2D eigenvalue weighted by Crippen LogP contribution is -2.48. The van der Waals surface area contributed by atoms with Gasteiger partial charge in [0.15, 0.2) is 5.72 Å². The number of halogens is 3. The Labute approximate surface area is 191 Å². The SMILES string of the molecule is Cc1ccc2nc(-c3c(C)nc(NCC(F)(F)F)nc3N[C@@]3(O)CC[C@H](CO)[C@H]3O)sc2c1. The van der Waals surface area contributed by atoms with Gasteiger partial charge in [0.2, 0.25) is 5.95 Å². The third-order valence-corrected chi connectivity index (χ3v) is 6.73. The Kier molecular flexibility index (Phi) is 6.20. The Hall–Kier alpha value is -2.54. The number of fused-ring (bicyclic) bond motifs is 1. The fraction of sp³-hybridized carbons (Fsp3) is 0.476. The first-order valence-electron chi connectivity index (χ1n) is 10.4. The van der Waals surface area contributed by atoms with Gasteiger partial charge in [-0.3, -0.25) is 0 Å². The molecule has 33 heavy (non-hydrogen) atoms. The van der Waals surface area contributed by atoms with Crippen LogP contribution in [0.15, 0.2) is 18.2 Å². The monoisotopic (exact) mass is 483 g/mol. The zero-order chi connectivity index (χ0) is 24.0. The van der Waals surface area contributed by atoms with E-state index in [9.17, 15) is 28.5 Å². The van der Waals surface area contributed by atoms with Crippen LogP contribution in [-0.2, 0) is 0 Å². The van der Waals surface area contributed by atoms with E-state index >= 15 is 0 Å². The number of hydrogen-bond donors (Lipinski definition) is 5. The van der Waals surface area contributed by atoms with Crippen molar-refractivity contribution in [1.29, 1.82) is 0 Å². The summed E-state index contributed by atoms with van der Waals surface area (Å²) in [5.74, 6) is -0.770. The number of aliphatic hydroxyl groups excluding tert-OH is 2. The normalized spacial score (nSPS) is 23.3. The minimum absolute atomic E-state index is 0.0445. The van der Waals surface area contributed by atoms with E-state index in [2.05, 4.69) is 25.6 Å². The molecule has 0 aliphatic heterocycles. The van der Waals surface area contributed by atoms with Gasteiger partial charge in [-0.05, 0) is 44.4 Å². The lowest BCUT2D eigenvalue weighted by Gasteiger charge is -2.31. The fourth-order valence-corrected chi connectivity index (χ4v) is 5.11. The van der Waals surface area contributed by atoms with Gasteiger partial charge in [0.25, 0.3) is 0 Å². The molecule has 1 saturated carbocycles. The molecule has 3 atom stereocenters. The van der Waals surface area contributed by atoms with E-state index in [1.807, 2.05) is 25.1 Å². The zero-order valence-corrected chi connectivity index (χ0v) is 18.8. The topological polar surface area (TPSA) is 123 Å². The standard InChI is InChI=1S/C21H24F3N5O3S/c1-10-3-4-13-14(7-10)33-18(27-13)15-11(2)26-19(25-9-21(22,23)24)28-17(15)29-20(32)6-5-12(8-30)16(20)31/h3-4,7,12,16,30-32H,5-6,8-9H2,1-2H3,(H2,25,26,28,29)/t12-,16-,20-/m1/s1. The number of nitrogens with one attached hydrogen (secondary N) is 2. The number of alkyl halides is 3. The Morgan fingerprint density at radius 2 is 1.97 bits per heavy atom. The third-order valence-electron chi connectivity index (χ3n) is 5.70. The van der Waals surface area contributed by atoms with E-state index in [4.69, 9.17) is 0 Å². The molecule has 178 valence electrons. The number of thiazole rings is 1. The van der Waals surface area contributed by atoms with Gasteiger partial charge in [0, 0.05) is 12.5 Å². The molecule has 0 amide bonds. The van der Waals surface area contributed by atoms with Crippen molar-refractivity contribution < 1.29 is 28.5 Å². The van der Waals surface area contributed by atoms with Gasteiger partial charge in [-0.25, -0.2) is 9.97 Å². The third kappa shape index (κ3) is 4.88. The van der Waals surface area contributed by atoms with Crippen molar-refractivity contribution in [3.63, 3.8) is 0 Å². The van der Waals surface area contributed by atoms with Crippen LogP contribution >= 0.6 is 11.3 Å². The average molecular weight is 484 g/mol. The van der Waals surface area contributed by atoms with Gasteiger partial charge in [-0.2, -0.15) is 18.2 Å². The molecular formula is C21H24F3N5O3S. The highest BCUT2D eigenvalue weighted by atomic mass is 32.1.